The molecule has 0 radical (unpaired) electrons. The fraction of sp³-hybridized carbons (Fsp3) is 0.538. The molecule has 0 saturated carbocycles. The van der Waals surface area contributed by atoms with Crippen molar-refractivity contribution < 1.29 is 18.3 Å². The van der Waals surface area contributed by atoms with Crippen LogP contribution in [-0.2, 0) is 10.0 Å². The molecular weight excluding hydrogens is 266 g/mol. The Kier molecular flexibility index (Phi) is 6.27. The molecule has 0 bridgehead atoms. The minimum Gasteiger partial charge on any atom is -0.494 e. The van der Waals surface area contributed by atoms with E-state index in [4.69, 9.17) is 9.84 Å². The molecule has 0 amide bonds. The second-order valence-electron chi connectivity index (χ2n) is 3.99. The van der Waals surface area contributed by atoms with E-state index in [9.17, 15) is 8.42 Å². The van der Waals surface area contributed by atoms with E-state index < -0.39 is 10.0 Å². The molecule has 108 valence electrons. The third-order valence-corrected chi connectivity index (χ3v) is 4.80. The molecule has 1 aromatic carbocycles. The Labute approximate surface area is 114 Å². The second-order valence-corrected chi connectivity index (χ2v) is 5.92. The summed E-state index contributed by atoms with van der Waals surface area (Å²) >= 11 is 0. The Bertz CT molecular complexity index is 466. The van der Waals surface area contributed by atoms with Gasteiger partial charge in [-0.05, 0) is 24.3 Å². The normalized spacial score (nSPS) is 11.8. The van der Waals surface area contributed by atoms with Crippen LogP contribution in [0.5, 0.6) is 5.75 Å². The highest BCUT2D eigenvalue weighted by Crippen LogP contribution is 2.19. The standard InChI is InChI=1S/C13H21NO4S/c1-3-14(4-2)19(16,17)13-8-6-12(7-9-13)18-11-5-10-15/h6-9,15H,3-5,10-11H2,1-2H3. The van der Waals surface area contributed by atoms with Gasteiger partial charge in [0, 0.05) is 26.1 Å². The van der Waals surface area contributed by atoms with E-state index in [1.165, 1.54) is 4.31 Å². The van der Waals surface area contributed by atoms with Crippen molar-refractivity contribution in [2.24, 2.45) is 0 Å². The molecule has 0 unspecified atom stereocenters. The molecule has 6 heteroatoms. The van der Waals surface area contributed by atoms with E-state index in [-0.39, 0.29) is 11.5 Å². The zero-order valence-electron chi connectivity index (χ0n) is 11.4. The molecule has 0 aliphatic rings. The molecule has 1 rings (SSSR count). The molecule has 0 saturated heterocycles. The van der Waals surface area contributed by atoms with E-state index >= 15 is 0 Å². The first kappa shape index (κ1) is 15.9. The number of aliphatic hydroxyl groups is 1. The minimum absolute atomic E-state index is 0.0778. The van der Waals surface area contributed by atoms with Crippen molar-refractivity contribution in [1.82, 2.24) is 4.31 Å². The summed E-state index contributed by atoms with van der Waals surface area (Å²) in [5, 5.41) is 8.65. The van der Waals surface area contributed by atoms with Crippen LogP contribution in [-0.4, -0.2) is 44.1 Å². The number of rotatable bonds is 8. The second kappa shape index (κ2) is 7.47. The van der Waals surface area contributed by atoms with Gasteiger partial charge in [-0.15, -0.1) is 0 Å². The monoisotopic (exact) mass is 287 g/mol. The quantitative estimate of drug-likeness (QED) is 0.735. The molecule has 19 heavy (non-hydrogen) atoms. The molecule has 1 N–H and O–H groups in total. The molecule has 0 spiro atoms. The van der Waals surface area contributed by atoms with Crippen molar-refractivity contribution in [3.8, 4) is 5.75 Å². The van der Waals surface area contributed by atoms with Crippen molar-refractivity contribution in [2.75, 3.05) is 26.3 Å². The number of hydrogen-bond acceptors (Lipinski definition) is 4. The van der Waals surface area contributed by atoms with Crippen molar-refractivity contribution in [3.05, 3.63) is 24.3 Å². The predicted molar refractivity (Wildman–Crippen MR) is 73.7 cm³/mol. The molecule has 5 nitrogen and oxygen atoms in total. The van der Waals surface area contributed by atoms with Crippen LogP contribution >= 0.6 is 0 Å². The lowest BCUT2D eigenvalue weighted by Gasteiger charge is -2.18. The van der Waals surface area contributed by atoms with Crippen molar-refractivity contribution >= 4 is 10.0 Å². The Hall–Kier alpha value is -1.11. The van der Waals surface area contributed by atoms with Gasteiger partial charge in [-0.25, -0.2) is 8.42 Å². The van der Waals surface area contributed by atoms with E-state index in [2.05, 4.69) is 0 Å². The van der Waals surface area contributed by atoms with E-state index in [0.717, 1.165) is 0 Å². The minimum atomic E-state index is -3.41. The van der Waals surface area contributed by atoms with Crippen molar-refractivity contribution in [1.29, 1.82) is 0 Å². The van der Waals surface area contributed by atoms with Crippen molar-refractivity contribution in [2.45, 2.75) is 25.2 Å². The molecule has 1 aromatic rings. The van der Waals surface area contributed by atoms with E-state index in [1.54, 1.807) is 24.3 Å². The number of nitrogens with zero attached hydrogens (tertiary/aromatic N) is 1. The SMILES string of the molecule is CCN(CC)S(=O)(=O)c1ccc(OCCCO)cc1. The van der Waals surface area contributed by atoms with Crippen LogP contribution < -0.4 is 4.74 Å². The third-order valence-electron chi connectivity index (χ3n) is 2.74. The lowest BCUT2D eigenvalue weighted by atomic mass is 10.3. The molecule has 0 aliphatic carbocycles. The number of sulfonamides is 1. The van der Waals surface area contributed by atoms with Crippen LogP contribution in [0.1, 0.15) is 20.3 Å². The van der Waals surface area contributed by atoms with Crippen LogP contribution in [0.3, 0.4) is 0 Å². The number of hydrogen-bond donors (Lipinski definition) is 1. The van der Waals surface area contributed by atoms with Crippen molar-refractivity contribution in [3.63, 3.8) is 0 Å². The first-order chi connectivity index (χ1) is 9.06. The maximum atomic E-state index is 12.2. The Morgan fingerprint density at radius 2 is 1.74 bits per heavy atom. The predicted octanol–water partition coefficient (Wildman–Crippen LogP) is 1.48. The Morgan fingerprint density at radius 3 is 2.21 bits per heavy atom. The van der Waals surface area contributed by atoms with Gasteiger partial charge in [0.15, 0.2) is 0 Å². The summed E-state index contributed by atoms with van der Waals surface area (Å²) in [6, 6.07) is 6.35. The molecular formula is C13H21NO4S. The summed E-state index contributed by atoms with van der Waals surface area (Å²) in [7, 11) is -3.41. The first-order valence-electron chi connectivity index (χ1n) is 6.40. The fourth-order valence-corrected chi connectivity index (χ4v) is 3.13. The van der Waals surface area contributed by atoms with Gasteiger partial charge in [-0.3, -0.25) is 0 Å². The molecule has 0 heterocycles. The summed E-state index contributed by atoms with van der Waals surface area (Å²) in [4.78, 5) is 0.269. The van der Waals surface area contributed by atoms with Gasteiger partial charge >= 0.3 is 0 Å². The first-order valence-corrected chi connectivity index (χ1v) is 7.84. The number of aliphatic hydroxyl groups excluding tert-OH is 1. The fourth-order valence-electron chi connectivity index (χ4n) is 1.68. The van der Waals surface area contributed by atoms with Gasteiger partial charge in [0.2, 0.25) is 10.0 Å². The molecule has 0 atom stereocenters. The summed E-state index contributed by atoms with van der Waals surface area (Å²) in [5.74, 6) is 0.604. The maximum Gasteiger partial charge on any atom is 0.243 e. The number of benzene rings is 1. The summed E-state index contributed by atoms with van der Waals surface area (Å²) in [5.41, 5.74) is 0. The van der Waals surface area contributed by atoms with Crippen LogP contribution in [0.15, 0.2) is 29.2 Å². The van der Waals surface area contributed by atoms with E-state index in [1.807, 2.05) is 13.8 Å². The largest absolute Gasteiger partial charge is 0.494 e. The zero-order valence-corrected chi connectivity index (χ0v) is 12.2. The highest BCUT2D eigenvalue weighted by molar-refractivity contribution is 7.89. The van der Waals surface area contributed by atoms with Gasteiger partial charge in [0.25, 0.3) is 0 Å². The van der Waals surface area contributed by atoms with Gasteiger partial charge in [-0.1, -0.05) is 13.8 Å². The molecule has 0 aliphatic heterocycles. The third kappa shape index (κ3) is 4.19. The summed E-state index contributed by atoms with van der Waals surface area (Å²) in [6.07, 6.45) is 0.555. The topological polar surface area (TPSA) is 66.8 Å². The lowest BCUT2D eigenvalue weighted by Crippen LogP contribution is -2.30. The summed E-state index contributed by atoms with van der Waals surface area (Å²) in [6.45, 7) is 5.02. The van der Waals surface area contributed by atoms with Gasteiger partial charge < -0.3 is 9.84 Å². The van der Waals surface area contributed by atoms with Gasteiger partial charge in [-0.2, -0.15) is 4.31 Å². The van der Waals surface area contributed by atoms with E-state index in [0.29, 0.717) is 31.9 Å². The van der Waals surface area contributed by atoms with Gasteiger partial charge in [0.1, 0.15) is 5.75 Å². The average Bonchev–Trinajstić information content (AvgIpc) is 2.41. The van der Waals surface area contributed by atoms with Crippen LogP contribution in [0.4, 0.5) is 0 Å². The van der Waals surface area contributed by atoms with Gasteiger partial charge in [0.05, 0.1) is 11.5 Å². The van der Waals surface area contributed by atoms with Crippen LogP contribution in [0.25, 0.3) is 0 Å². The van der Waals surface area contributed by atoms with Crippen LogP contribution in [0.2, 0.25) is 0 Å². The summed E-state index contributed by atoms with van der Waals surface area (Å²) < 4.78 is 31.2. The number of ether oxygens (including phenoxy) is 1. The zero-order chi connectivity index (χ0) is 14.3. The Morgan fingerprint density at radius 1 is 1.16 bits per heavy atom. The lowest BCUT2D eigenvalue weighted by molar-refractivity contribution is 0.233. The Balaban J connectivity index is 2.80. The highest BCUT2D eigenvalue weighted by atomic mass is 32.2. The highest BCUT2D eigenvalue weighted by Gasteiger charge is 2.21. The molecule has 0 aromatic heterocycles. The molecule has 0 fully saturated rings. The maximum absolute atomic E-state index is 12.2. The average molecular weight is 287 g/mol. The van der Waals surface area contributed by atoms with Crippen LogP contribution in [0, 0.1) is 0 Å². The smallest absolute Gasteiger partial charge is 0.243 e.